The highest BCUT2D eigenvalue weighted by Gasteiger charge is 2.09. The summed E-state index contributed by atoms with van der Waals surface area (Å²) in [6.07, 6.45) is 0.292. The third kappa shape index (κ3) is 3.58. The predicted molar refractivity (Wildman–Crippen MR) is 80.4 cm³/mol. The number of aryl methyl sites for hydroxylation is 1. The molecule has 1 unspecified atom stereocenters. The van der Waals surface area contributed by atoms with Crippen molar-refractivity contribution in [3.8, 4) is 0 Å². The molecule has 0 saturated heterocycles. The normalized spacial score (nSPS) is 12.1. The van der Waals surface area contributed by atoms with Gasteiger partial charge < -0.3 is 11.1 Å². The first-order chi connectivity index (χ1) is 9.06. The van der Waals surface area contributed by atoms with Crippen LogP contribution in [-0.2, 0) is 11.2 Å². The maximum Gasteiger partial charge on any atom is 0.221 e. The van der Waals surface area contributed by atoms with Crippen molar-refractivity contribution in [2.24, 2.45) is 5.73 Å². The van der Waals surface area contributed by atoms with E-state index >= 15 is 0 Å². The summed E-state index contributed by atoms with van der Waals surface area (Å²) in [5.74, 6) is -0.303. The highest BCUT2D eigenvalue weighted by molar-refractivity contribution is 7.10. The van der Waals surface area contributed by atoms with Crippen LogP contribution in [0.15, 0.2) is 35.7 Å². The Balaban J connectivity index is 2.03. The summed E-state index contributed by atoms with van der Waals surface area (Å²) < 4.78 is 0. The van der Waals surface area contributed by atoms with Gasteiger partial charge in [0.1, 0.15) is 0 Å². The summed E-state index contributed by atoms with van der Waals surface area (Å²) in [5.41, 5.74) is 8.48. The maximum absolute atomic E-state index is 10.8. The van der Waals surface area contributed by atoms with Gasteiger partial charge in [-0.3, -0.25) is 4.79 Å². The molecule has 0 aliphatic rings. The predicted octanol–water partition coefficient (Wildman–Crippen LogP) is 3.26. The Bertz CT molecular complexity index is 560. The summed E-state index contributed by atoms with van der Waals surface area (Å²) in [5, 5.41) is 5.57. The van der Waals surface area contributed by atoms with Crippen LogP contribution in [0.2, 0.25) is 0 Å². The Kier molecular flexibility index (Phi) is 4.22. The van der Waals surface area contributed by atoms with Gasteiger partial charge in [-0.1, -0.05) is 12.1 Å². The van der Waals surface area contributed by atoms with Crippen molar-refractivity contribution in [2.75, 3.05) is 5.32 Å². The van der Waals surface area contributed by atoms with E-state index in [1.165, 1.54) is 10.4 Å². The zero-order valence-electron chi connectivity index (χ0n) is 11.1. The number of amides is 1. The molecule has 19 heavy (non-hydrogen) atoms. The van der Waals surface area contributed by atoms with Crippen LogP contribution in [0.4, 0.5) is 5.69 Å². The lowest BCUT2D eigenvalue weighted by atomic mass is 10.1. The second-order valence-corrected chi connectivity index (χ2v) is 5.62. The molecule has 1 amide bonds. The van der Waals surface area contributed by atoms with Crippen LogP contribution < -0.4 is 11.1 Å². The van der Waals surface area contributed by atoms with Crippen LogP contribution in [0.25, 0.3) is 0 Å². The second kappa shape index (κ2) is 5.89. The third-order valence-electron chi connectivity index (χ3n) is 3.01. The molecule has 0 radical (unpaired) electrons. The summed E-state index contributed by atoms with van der Waals surface area (Å²) in [6.45, 7) is 4.27. The smallest absolute Gasteiger partial charge is 0.221 e. The van der Waals surface area contributed by atoms with E-state index in [4.69, 9.17) is 5.73 Å². The van der Waals surface area contributed by atoms with Crippen molar-refractivity contribution < 1.29 is 4.79 Å². The molecule has 2 aromatic rings. The number of hydrogen-bond donors (Lipinski definition) is 2. The highest BCUT2D eigenvalue weighted by Crippen LogP contribution is 2.26. The zero-order chi connectivity index (χ0) is 13.8. The van der Waals surface area contributed by atoms with E-state index in [-0.39, 0.29) is 11.9 Å². The van der Waals surface area contributed by atoms with Gasteiger partial charge in [-0.05, 0) is 48.6 Å². The number of nitrogens with one attached hydrogen (secondary N) is 1. The number of benzene rings is 1. The van der Waals surface area contributed by atoms with Gasteiger partial charge >= 0.3 is 0 Å². The molecular weight excluding hydrogens is 256 g/mol. The number of nitrogens with two attached hydrogens (primary N) is 1. The number of carbonyl (C=O) groups is 1. The van der Waals surface area contributed by atoms with Gasteiger partial charge in [0.25, 0.3) is 0 Å². The van der Waals surface area contributed by atoms with Crippen LogP contribution in [0, 0.1) is 6.92 Å². The average Bonchev–Trinajstić information content (AvgIpc) is 2.77. The molecule has 0 spiro atoms. The lowest BCUT2D eigenvalue weighted by molar-refractivity contribution is -0.117. The summed E-state index contributed by atoms with van der Waals surface area (Å²) in [7, 11) is 0. The van der Waals surface area contributed by atoms with Gasteiger partial charge in [-0.2, -0.15) is 0 Å². The number of hydrogen-bond acceptors (Lipinski definition) is 3. The third-order valence-corrected chi connectivity index (χ3v) is 4.21. The fraction of sp³-hybridized carbons (Fsp3) is 0.267. The molecule has 1 atom stereocenters. The fourth-order valence-corrected chi connectivity index (χ4v) is 3.00. The molecule has 0 aliphatic heterocycles. The van der Waals surface area contributed by atoms with Crippen molar-refractivity contribution in [1.82, 2.24) is 0 Å². The second-order valence-electron chi connectivity index (χ2n) is 4.67. The lowest BCUT2D eigenvalue weighted by Crippen LogP contribution is -2.13. The maximum atomic E-state index is 10.8. The average molecular weight is 274 g/mol. The molecular formula is C15H18N2OS. The molecule has 100 valence electrons. The van der Waals surface area contributed by atoms with E-state index in [1.807, 2.05) is 24.3 Å². The summed E-state index contributed by atoms with van der Waals surface area (Å²) in [6, 6.07) is 10.2. The van der Waals surface area contributed by atoms with E-state index in [0.717, 1.165) is 11.3 Å². The largest absolute Gasteiger partial charge is 0.378 e. The molecule has 1 aromatic heterocycles. The lowest BCUT2D eigenvalue weighted by Gasteiger charge is -2.15. The number of thiophene rings is 1. The van der Waals surface area contributed by atoms with Crippen LogP contribution in [0.5, 0.6) is 0 Å². The fourth-order valence-electron chi connectivity index (χ4n) is 2.06. The molecule has 0 fully saturated rings. The zero-order valence-corrected chi connectivity index (χ0v) is 12.0. The van der Waals surface area contributed by atoms with Crippen LogP contribution in [-0.4, -0.2) is 5.91 Å². The molecule has 0 aliphatic carbocycles. The molecule has 1 aromatic carbocycles. The number of carbonyl (C=O) groups excluding carboxylic acids is 1. The van der Waals surface area contributed by atoms with Gasteiger partial charge in [-0.25, -0.2) is 0 Å². The van der Waals surface area contributed by atoms with Crippen LogP contribution >= 0.6 is 11.3 Å². The quantitative estimate of drug-likeness (QED) is 0.879. The van der Waals surface area contributed by atoms with Crippen LogP contribution in [0.1, 0.15) is 29.0 Å². The van der Waals surface area contributed by atoms with Crippen LogP contribution in [0.3, 0.4) is 0 Å². The first kappa shape index (κ1) is 13.6. The molecule has 4 heteroatoms. The molecule has 1 heterocycles. The topological polar surface area (TPSA) is 55.1 Å². The van der Waals surface area contributed by atoms with Gasteiger partial charge in [-0.15, -0.1) is 11.3 Å². The summed E-state index contributed by atoms with van der Waals surface area (Å²) in [4.78, 5) is 12.2. The molecule has 0 saturated carbocycles. The Morgan fingerprint density at radius 2 is 2.00 bits per heavy atom. The molecule has 3 N–H and O–H groups in total. The van der Waals surface area contributed by atoms with Crippen molar-refractivity contribution >= 4 is 22.9 Å². The van der Waals surface area contributed by atoms with Crippen molar-refractivity contribution in [3.63, 3.8) is 0 Å². The van der Waals surface area contributed by atoms with E-state index in [9.17, 15) is 4.79 Å². The van der Waals surface area contributed by atoms with E-state index in [0.29, 0.717) is 6.42 Å². The molecule has 3 nitrogen and oxygen atoms in total. The highest BCUT2D eigenvalue weighted by atomic mass is 32.1. The van der Waals surface area contributed by atoms with E-state index < -0.39 is 0 Å². The number of rotatable bonds is 5. The van der Waals surface area contributed by atoms with Crippen molar-refractivity contribution in [3.05, 3.63) is 51.7 Å². The van der Waals surface area contributed by atoms with Crippen molar-refractivity contribution in [1.29, 1.82) is 0 Å². The molecule has 0 bridgehead atoms. The monoisotopic (exact) mass is 274 g/mol. The Morgan fingerprint density at radius 1 is 1.32 bits per heavy atom. The minimum absolute atomic E-state index is 0.280. The first-order valence-electron chi connectivity index (χ1n) is 6.24. The SMILES string of the molecule is Cc1ccsc1C(C)Nc1ccc(CC(N)=O)cc1. The van der Waals surface area contributed by atoms with Gasteiger partial charge in [0.05, 0.1) is 12.5 Å². The van der Waals surface area contributed by atoms with Gasteiger partial charge in [0, 0.05) is 10.6 Å². The minimum Gasteiger partial charge on any atom is -0.378 e. The summed E-state index contributed by atoms with van der Waals surface area (Å²) >= 11 is 1.76. The van der Waals surface area contributed by atoms with Gasteiger partial charge in [0.2, 0.25) is 5.91 Å². The first-order valence-corrected chi connectivity index (χ1v) is 7.12. The Labute approximate surface area is 117 Å². The Morgan fingerprint density at radius 3 is 2.53 bits per heavy atom. The van der Waals surface area contributed by atoms with Gasteiger partial charge in [0.15, 0.2) is 0 Å². The Hall–Kier alpha value is -1.81. The molecule has 2 rings (SSSR count). The standard InChI is InChI=1S/C15H18N2OS/c1-10-7-8-19-15(10)11(2)17-13-5-3-12(4-6-13)9-14(16)18/h3-8,11,17H,9H2,1-2H3,(H2,16,18). The van der Waals surface area contributed by atoms with Crippen molar-refractivity contribution in [2.45, 2.75) is 26.3 Å². The number of anilines is 1. The van der Waals surface area contributed by atoms with E-state index in [1.54, 1.807) is 11.3 Å². The van der Waals surface area contributed by atoms with E-state index in [2.05, 4.69) is 30.6 Å². The minimum atomic E-state index is -0.303. The number of primary amides is 1.